The average Bonchev–Trinajstić information content (AvgIpc) is 2.76. The molecule has 36 heavy (non-hydrogen) atoms. The van der Waals surface area contributed by atoms with E-state index in [1.165, 1.54) is 13.0 Å². The van der Waals surface area contributed by atoms with Crippen molar-refractivity contribution in [3.63, 3.8) is 0 Å². The molecule has 1 aliphatic heterocycles. The molecule has 2 atom stereocenters. The smallest absolute Gasteiger partial charge is 0.426 e. The first-order valence-electron chi connectivity index (χ1n) is 12.1. The molecule has 0 saturated carbocycles. The van der Waals surface area contributed by atoms with Gasteiger partial charge in [-0.05, 0) is 53.0 Å². The normalized spacial score (nSPS) is 16.6. The van der Waals surface area contributed by atoms with Crippen molar-refractivity contribution < 1.29 is 32.7 Å². The lowest BCUT2D eigenvalue weighted by atomic mass is 10.0. The third-order valence-electron chi connectivity index (χ3n) is 5.74. The zero-order valence-electron chi connectivity index (χ0n) is 21.5. The number of piperidine rings is 1. The minimum Gasteiger partial charge on any atom is -0.443 e. The number of amides is 4. The van der Waals surface area contributed by atoms with Gasteiger partial charge in [-0.25, -0.2) is 24.0 Å². The van der Waals surface area contributed by atoms with Crippen LogP contribution in [0.25, 0.3) is 0 Å². The van der Waals surface area contributed by atoms with Crippen LogP contribution in [0.4, 0.5) is 13.6 Å². The molecule has 9 nitrogen and oxygen atoms in total. The summed E-state index contributed by atoms with van der Waals surface area (Å²) in [7, 11) is 0. The van der Waals surface area contributed by atoms with Gasteiger partial charge in [-0.1, -0.05) is 13.0 Å². The number of nitrogens with zero attached hydrogens (tertiary/aromatic N) is 2. The third kappa shape index (κ3) is 9.09. The van der Waals surface area contributed by atoms with Crippen molar-refractivity contribution in [3.8, 4) is 0 Å². The van der Waals surface area contributed by atoms with Gasteiger partial charge < -0.3 is 15.0 Å². The van der Waals surface area contributed by atoms with Gasteiger partial charge in [0.2, 0.25) is 17.7 Å². The van der Waals surface area contributed by atoms with Crippen molar-refractivity contribution in [2.24, 2.45) is 5.92 Å². The van der Waals surface area contributed by atoms with E-state index in [0.717, 1.165) is 36.4 Å². The maximum absolute atomic E-state index is 13.8. The lowest BCUT2D eigenvalue weighted by Gasteiger charge is -2.35. The molecule has 1 aromatic rings. The van der Waals surface area contributed by atoms with Crippen molar-refractivity contribution in [2.45, 2.75) is 78.5 Å². The first kappa shape index (κ1) is 29.0. The number of likely N-dealkylation sites (tertiary alicyclic amines) is 1. The molecule has 2 N–H and O–H groups in total. The van der Waals surface area contributed by atoms with Gasteiger partial charge in [0.15, 0.2) is 0 Å². The van der Waals surface area contributed by atoms with Crippen LogP contribution in [0.15, 0.2) is 18.2 Å². The molecule has 11 heteroatoms. The van der Waals surface area contributed by atoms with E-state index in [4.69, 9.17) is 4.74 Å². The molecule has 0 spiro atoms. The van der Waals surface area contributed by atoms with Crippen molar-refractivity contribution >= 4 is 23.8 Å². The Bertz CT molecular complexity index is 966. The number of carbonyl (C=O) groups excluding carboxylic acids is 4. The van der Waals surface area contributed by atoms with Gasteiger partial charge in [-0.15, -0.1) is 0 Å². The molecule has 1 saturated heterocycles. The Morgan fingerprint density at radius 3 is 2.50 bits per heavy atom. The van der Waals surface area contributed by atoms with Crippen LogP contribution < -0.4 is 10.7 Å². The van der Waals surface area contributed by atoms with E-state index in [1.807, 2.05) is 6.92 Å². The molecule has 0 aliphatic carbocycles. The Balaban J connectivity index is 2.04. The first-order chi connectivity index (χ1) is 16.8. The summed E-state index contributed by atoms with van der Waals surface area (Å²) in [6, 6.07) is 3.04. The highest BCUT2D eigenvalue weighted by Gasteiger charge is 2.30. The predicted octanol–water partition coefficient (Wildman–Crippen LogP) is 3.28. The number of hydrogen-bond donors (Lipinski definition) is 2. The number of ether oxygens (including phenoxy) is 1. The number of benzene rings is 1. The summed E-state index contributed by atoms with van der Waals surface area (Å²) in [5.74, 6) is -3.90. The van der Waals surface area contributed by atoms with E-state index in [0.29, 0.717) is 6.54 Å². The van der Waals surface area contributed by atoms with E-state index in [2.05, 4.69) is 10.7 Å². The minimum atomic E-state index is -0.903. The topological polar surface area (TPSA) is 108 Å². The average molecular weight is 511 g/mol. The largest absolute Gasteiger partial charge is 0.443 e. The molecule has 1 aliphatic rings. The van der Waals surface area contributed by atoms with Crippen molar-refractivity contribution in [1.82, 2.24) is 20.7 Å². The Hall–Kier alpha value is -3.24. The SMILES string of the molecule is C[C@H](CC(=O)N(CC(=O)N1CCCC[C@@H]1C)NC(=O)OC(C)(C)C)C(=O)NCc1ccc(F)cc1F. The van der Waals surface area contributed by atoms with Crippen molar-refractivity contribution in [3.05, 3.63) is 35.4 Å². The zero-order valence-corrected chi connectivity index (χ0v) is 21.5. The molecule has 200 valence electrons. The lowest BCUT2D eigenvalue weighted by Crippen LogP contribution is -2.54. The fourth-order valence-electron chi connectivity index (χ4n) is 3.78. The van der Waals surface area contributed by atoms with Crippen LogP contribution in [0.1, 0.15) is 65.9 Å². The van der Waals surface area contributed by atoms with Crippen LogP contribution in [0.2, 0.25) is 0 Å². The molecule has 1 heterocycles. The van der Waals surface area contributed by atoms with Gasteiger partial charge in [0, 0.05) is 43.1 Å². The van der Waals surface area contributed by atoms with E-state index < -0.39 is 47.6 Å². The van der Waals surface area contributed by atoms with Gasteiger partial charge in [0.1, 0.15) is 23.8 Å². The number of nitrogens with one attached hydrogen (secondary N) is 2. The van der Waals surface area contributed by atoms with Crippen molar-refractivity contribution in [1.29, 1.82) is 0 Å². The van der Waals surface area contributed by atoms with E-state index in [9.17, 15) is 28.0 Å². The molecular formula is C25H36F2N4O5. The molecule has 4 amide bonds. The molecule has 0 aromatic heterocycles. The maximum atomic E-state index is 13.8. The fraction of sp³-hybridized carbons (Fsp3) is 0.600. The Morgan fingerprint density at radius 2 is 1.89 bits per heavy atom. The van der Waals surface area contributed by atoms with Gasteiger partial charge in [-0.2, -0.15) is 0 Å². The quantitative estimate of drug-likeness (QED) is 0.548. The second-order valence-corrected chi connectivity index (χ2v) is 10.1. The van der Waals surface area contributed by atoms with Crippen LogP contribution in [-0.4, -0.2) is 58.5 Å². The highest BCUT2D eigenvalue weighted by atomic mass is 19.1. The third-order valence-corrected chi connectivity index (χ3v) is 5.74. The van der Waals surface area contributed by atoms with Gasteiger partial charge in [0.25, 0.3) is 0 Å². The number of rotatable bonds is 7. The highest BCUT2D eigenvalue weighted by Crippen LogP contribution is 2.17. The van der Waals surface area contributed by atoms with Gasteiger partial charge >= 0.3 is 6.09 Å². The summed E-state index contributed by atoms with van der Waals surface area (Å²) < 4.78 is 32.1. The Labute approximate surface area is 210 Å². The van der Waals surface area contributed by atoms with Crippen molar-refractivity contribution in [2.75, 3.05) is 13.1 Å². The van der Waals surface area contributed by atoms with E-state index in [-0.39, 0.29) is 30.5 Å². The lowest BCUT2D eigenvalue weighted by molar-refractivity contribution is -0.146. The van der Waals surface area contributed by atoms with E-state index >= 15 is 0 Å². The fourth-order valence-corrected chi connectivity index (χ4v) is 3.78. The van der Waals surface area contributed by atoms with Gasteiger partial charge in [0.05, 0.1) is 0 Å². The number of halogens is 2. The molecule has 0 bridgehead atoms. The Kier molecular flexibility index (Phi) is 10.2. The monoisotopic (exact) mass is 510 g/mol. The standard InChI is InChI=1S/C25H36F2N4O5/c1-16(23(34)28-14-18-9-10-19(26)13-20(18)27)12-21(32)31(29-24(35)36-25(3,4)5)15-22(33)30-11-7-6-8-17(30)2/h9-10,13,16-17H,6-8,11-12,14-15H2,1-5H3,(H,28,34)(H,29,35)/t16-,17+/m1/s1. The van der Waals surface area contributed by atoms with Crippen LogP contribution >= 0.6 is 0 Å². The summed E-state index contributed by atoms with van der Waals surface area (Å²) in [4.78, 5) is 52.5. The first-order valence-corrected chi connectivity index (χ1v) is 12.1. The molecule has 1 aromatic carbocycles. The molecule has 1 fully saturated rings. The maximum Gasteiger partial charge on any atom is 0.426 e. The predicted molar refractivity (Wildman–Crippen MR) is 128 cm³/mol. The van der Waals surface area contributed by atoms with Crippen LogP contribution in [-0.2, 0) is 25.7 Å². The molecular weight excluding hydrogens is 474 g/mol. The van der Waals surface area contributed by atoms with Gasteiger partial charge in [-0.3, -0.25) is 14.4 Å². The summed E-state index contributed by atoms with van der Waals surface area (Å²) >= 11 is 0. The van der Waals surface area contributed by atoms with E-state index in [1.54, 1.807) is 25.7 Å². The van der Waals surface area contributed by atoms with Crippen LogP contribution in [0.5, 0.6) is 0 Å². The summed E-state index contributed by atoms with van der Waals surface area (Å²) in [5.41, 5.74) is 1.60. The van der Waals surface area contributed by atoms with Crippen LogP contribution in [0.3, 0.4) is 0 Å². The number of hydrogen-bond acceptors (Lipinski definition) is 5. The number of hydrazine groups is 1. The second-order valence-electron chi connectivity index (χ2n) is 10.1. The van der Waals surface area contributed by atoms with Crippen LogP contribution in [0, 0.1) is 17.6 Å². The zero-order chi connectivity index (χ0) is 27.0. The number of carbonyl (C=O) groups is 4. The second kappa shape index (κ2) is 12.6. The summed E-state index contributed by atoms with van der Waals surface area (Å²) in [6.45, 7) is 8.38. The highest BCUT2D eigenvalue weighted by molar-refractivity contribution is 5.89. The summed E-state index contributed by atoms with van der Waals surface area (Å²) in [5, 5.41) is 3.39. The summed E-state index contributed by atoms with van der Waals surface area (Å²) in [6.07, 6.45) is 1.49. The molecule has 0 radical (unpaired) electrons. The molecule has 2 rings (SSSR count). The molecule has 0 unspecified atom stereocenters. The minimum absolute atomic E-state index is 0.0151. The Morgan fingerprint density at radius 1 is 1.19 bits per heavy atom.